The van der Waals surface area contributed by atoms with Crippen LogP contribution in [0.1, 0.15) is 153 Å². The summed E-state index contributed by atoms with van der Waals surface area (Å²) in [4.78, 5) is 0. The molecule has 5 heteroatoms. The first-order valence-electron chi connectivity index (χ1n) is 14.1. The van der Waals surface area contributed by atoms with Crippen molar-refractivity contribution in [3.05, 3.63) is 34.9 Å². The van der Waals surface area contributed by atoms with Gasteiger partial charge in [0.1, 0.15) is 0 Å². The molecule has 2 aromatic heterocycles. The van der Waals surface area contributed by atoms with Crippen LogP contribution in [0.4, 0.5) is 0 Å². The molecule has 4 unspecified atom stereocenters. The Morgan fingerprint density at radius 2 is 0.941 bits per heavy atom. The molecule has 5 nitrogen and oxygen atoms in total. The SMILES string of the molecule is CCCC(C)c1cc(C(C)CCC)n(CC(O)Cn2nc(C(C)CCC)cc2C(C)CCC)n1. The molecule has 4 atom stereocenters. The van der Waals surface area contributed by atoms with Crippen molar-refractivity contribution >= 4 is 0 Å². The molecule has 34 heavy (non-hydrogen) atoms. The van der Waals surface area contributed by atoms with Crippen LogP contribution in [-0.4, -0.2) is 30.8 Å². The Bertz CT molecular complexity index is 771. The minimum absolute atomic E-state index is 0.443. The third kappa shape index (κ3) is 7.69. The molecule has 0 saturated carbocycles. The topological polar surface area (TPSA) is 55.9 Å². The van der Waals surface area contributed by atoms with E-state index in [2.05, 4.69) is 76.9 Å². The van der Waals surface area contributed by atoms with E-state index in [9.17, 15) is 5.11 Å². The summed E-state index contributed by atoms with van der Waals surface area (Å²) in [7, 11) is 0. The van der Waals surface area contributed by atoms with E-state index in [0.717, 1.165) is 51.4 Å². The summed E-state index contributed by atoms with van der Waals surface area (Å²) in [6, 6.07) is 4.58. The predicted molar refractivity (Wildman–Crippen MR) is 144 cm³/mol. The van der Waals surface area contributed by atoms with E-state index in [1.807, 2.05) is 0 Å². The van der Waals surface area contributed by atoms with Crippen LogP contribution in [0, 0.1) is 0 Å². The number of rotatable bonds is 16. The molecular formula is C29H52N4O. The lowest BCUT2D eigenvalue weighted by molar-refractivity contribution is 0.122. The second-order valence-corrected chi connectivity index (χ2v) is 10.8. The zero-order valence-corrected chi connectivity index (χ0v) is 23.3. The first-order chi connectivity index (χ1) is 16.2. The average molecular weight is 473 g/mol. The summed E-state index contributed by atoms with van der Waals surface area (Å²) >= 11 is 0. The Morgan fingerprint density at radius 1 is 0.618 bits per heavy atom. The highest BCUT2D eigenvalue weighted by atomic mass is 16.3. The van der Waals surface area contributed by atoms with E-state index in [4.69, 9.17) is 10.2 Å². The van der Waals surface area contributed by atoms with Crippen LogP contribution in [0.15, 0.2) is 12.1 Å². The molecule has 0 saturated heterocycles. The van der Waals surface area contributed by atoms with E-state index in [1.54, 1.807) is 0 Å². The number of aliphatic hydroxyl groups excluding tert-OH is 1. The van der Waals surface area contributed by atoms with Gasteiger partial charge in [0.05, 0.1) is 30.6 Å². The molecule has 0 spiro atoms. The van der Waals surface area contributed by atoms with Crippen LogP contribution >= 0.6 is 0 Å². The molecular weight excluding hydrogens is 420 g/mol. The predicted octanol–water partition coefficient (Wildman–Crippen LogP) is 7.76. The molecule has 2 aromatic rings. The summed E-state index contributed by atoms with van der Waals surface area (Å²) in [5.74, 6) is 1.79. The largest absolute Gasteiger partial charge is 0.389 e. The molecule has 0 amide bonds. The zero-order chi connectivity index (χ0) is 25.3. The Labute approximate surface area is 209 Å². The number of aliphatic hydroxyl groups is 1. The standard InChI is InChI=1S/C29H52N4O/c1-9-13-21(5)26-17-28(23(7)15-11-3)32(30-26)19-25(34)20-33-29(24(8)16-12-4)18-27(31-33)22(6)14-10-2/h17-18,21-25,34H,9-16,19-20H2,1-8H3. The van der Waals surface area contributed by atoms with E-state index < -0.39 is 6.10 Å². The van der Waals surface area contributed by atoms with E-state index in [-0.39, 0.29) is 0 Å². The van der Waals surface area contributed by atoms with E-state index in [1.165, 1.54) is 22.8 Å². The van der Waals surface area contributed by atoms with E-state index >= 15 is 0 Å². The number of hydrogen-bond donors (Lipinski definition) is 1. The lowest BCUT2D eigenvalue weighted by atomic mass is 9.98. The average Bonchev–Trinajstić information content (AvgIpc) is 3.39. The van der Waals surface area contributed by atoms with Crippen molar-refractivity contribution in [2.45, 2.75) is 150 Å². The first kappa shape index (κ1) is 28.6. The molecule has 0 bridgehead atoms. The van der Waals surface area contributed by atoms with Crippen molar-refractivity contribution in [3.8, 4) is 0 Å². The summed E-state index contributed by atoms with van der Waals surface area (Å²) in [6.45, 7) is 19.1. The zero-order valence-electron chi connectivity index (χ0n) is 23.3. The maximum absolute atomic E-state index is 11.2. The highest BCUT2D eigenvalue weighted by molar-refractivity contribution is 5.19. The fraction of sp³-hybridized carbons (Fsp3) is 0.793. The van der Waals surface area contributed by atoms with Gasteiger partial charge in [-0.25, -0.2) is 0 Å². The third-order valence-corrected chi connectivity index (χ3v) is 7.33. The Hall–Kier alpha value is -1.62. The van der Waals surface area contributed by atoms with Gasteiger partial charge >= 0.3 is 0 Å². The Morgan fingerprint density at radius 3 is 1.26 bits per heavy atom. The van der Waals surface area contributed by atoms with Crippen molar-refractivity contribution in [1.29, 1.82) is 0 Å². The summed E-state index contributed by atoms with van der Waals surface area (Å²) < 4.78 is 4.18. The monoisotopic (exact) mass is 472 g/mol. The minimum atomic E-state index is -0.524. The van der Waals surface area contributed by atoms with Crippen molar-refractivity contribution < 1.29 is 5.11 Å². The molecule has 2 heterocycles. The number of nitrogens with zero attached hydrogens (tertiary/aromatic N) is 4. The molecule has 1 N–H and O–H groups in total. The van der Waals surface area contributed by atoms with Gasteiger partial charge in [-0.2, -0.15) is 10.2 Å². The van der Waals surface area contributed by atoms with Crippen molar-refractivity contribution in [3.63, 3.8) is 0 Å². The number of aromatic nitrogens is 4. The van der Waals surface area contributed by atoms with Gasteiger partial charge in [0.15, 0.2) is 0 Å². The van der Waals surface area contributed by atoms with Crippen LogP contribution in [0.3, 0.4) is 0 Å². The van der Waals surface area contributed by atoms with Gasteiger partial charge < -0.3 is 5.11 Å². The van der Waals surface area contributed by atoms with Gasteiger partial charge in [-0.05, 0) is 49.7 Å². The maximum atomic E-state index is 11.2. The molecule has 0 aliphatic rings. The van der Waals surface area contributed by atoms with Gasteiger partial charge in [-0.1, -0.05) is 81.1 Å². The van der Waals surface area contributed by atoms with Gasteiger partial charge in [0.25, 0.3) is 0 Å². The fourth-order valence-corrected chi connectivity index (χ4v) is 5.25. The second kappa shape index (κ2) is 14.1. The maximum Gasteiger partial charge on any atom is 0.0931 e. The van der Waals surface area contributed by atoms with Crippen LogP contribution in [0.25, 0.3) is 0 Å². The molecule has 0 aromatic carbocycles. The molecule has 194 valence electrons. The molecule has 0 radical (unpaired) electrons. The molecule has 0 aliphatic carbocycles. The quantitative estimate of drug-likeness (QED) is 0.272. The third-order valence-electron chi connectivity index (χ3n) is 7.33. The van der Waals surface area contributed by atoms with Gasteiger partial charge in [-0.15, -0.1) is 0 Å². The Balaban J connectivity index is 2.27. The summed E-state index contributed by atoms with van der Waals surface area (Å²) in [6.07, 6.45) is 8.67. The summed E-state index contributed by atoms with van der Waals surface area (Å²) in [5, 5.41) is 21.2. The van der Waals surface area contributed by atoms with Gasteiger partial charge in [-0.3, -0.25) is 9.36 Å². The lowest BCUT2D eigenvalue weighted by Crippen LogP contribution is -2.26. The molecule has 2 rings (SSSR count). The van der Waals surface area contributed by atoms with Crippen LogP contribution < -0.4 is 0 Å². The number of hydrogen-bond acceptors (Lipinski definition) is 3. The van der Waals surface area contributed by atoms with Crippen molar-refractivity contribution in [2.24, 2.45) is 0 Å². The lowest BCUT2D eigenvalue weighted by Gasteiger charge is -2.19. The van der Waals surface area contributed by atoms with Gasteiger partial charge in [0.2, 0.25) is 0 Å². The second-order valence-electron chi connectivity index (χ2n) is 10.8. The molecule has 0 aliphatic heterocycles. The van der Waals surface area contributed by atoms with Crippen LogP contribution in [0.2, 0.25) is 0 Å². The van der Waals surface area contributed by atoms with Crippen molar-refractivity contribution in [1.82, 2.24) is 19.6 Å². The van der Waals surface area contributed by atoms with Gasteiger partial charge in [0, 0.05) is 23.2 Å². The highest BCUT2D eigenvalue weighted by Crippen LogP contribution is 2.29. The highest BCUT2D eigenvalue weighted by Gasteiger charge is 2.22. The fourth-order valence-electron chi connectivity index (χ4n) is 5.25. The minimum Gasteiger partial charge on any atom is -0.389 e. The summed E-state index contributed by atoms with van der Waals surface area (Å²) in [5.41, 5.74) is 4.85. The van der Waals surface area contributed by atoms with Crippen molar-refractivity contribution in [2.75, 3.05) is 0 Å². The first-order valence-corrected chi connectivity index (χ1v) is 14.1. The normalized spacial score (nSPS) is 16.4. The Kier molecular flexibility index (Phi) is 11.8. The smallest absolute Gasteiger partial charge is 0.0931 e. The molecule has 0 fully saturated rings. The van der Waals surface area contributed by atoms with Crippen LogP contribution in [-0.2, 0) is 13.1 Å². The van der Waals surface area contributed by atoms with E-state index in [0.29, 0.717) is 36.8 Å². The van der Waals surface area contributed by atoms with Crippen LogP contribution in [0.5, 0.6) is 0 Å².